The van der Waals surface area contributed by atoms with E-state index in [1.54, 1.807) is 12.1 Å². The minimum Gasteiger partial charge on any atom is -0.494 e. The van der Waals surface area contributed by atoms with E-state index in [0.29, 0.717) is 17.9 Å². The van der Waals surface area contributed by atoms with Crippen LogP contribution in [0, 0.1) is 0 Å². The Balaban J connectivity index is 1.71. The standard InChI is InChI=1S/C30H38O5Si/c1-5-7-19-33-26-15-13-24(14-16-26)23-9-11-25(12-10-23)29-22-27(17-18-28(29)30(31)32)34-20-8-21-36(3,4)35-6-2/h9-18,22H,5-8,19-21H2,1-4H3,(H,31,32). The van der Waals surface area contributed by atoms with Crippen LogP contribution in [0.15, 0.2) is 66.7 Å². The number of aromatic carboxylic acids is 1. The molecular weight excluding hydrogens is 468 g/mol. The number of hydrogen-bond acceptors (Lipinski definition) is 4. The van der Waals surface area contributed by atoms with Gasteiger partial charge in [0.1, 0.15) is 11.5 Å². The van der Waals surface area contributed by atoms with Gasteiger partial charge in [-0.25, -0.2) is 4.79 Å². The molecule has 0 amide bonds. The molecule has 0 saturated heterocycles. The van der Waals surface area contributed by atoms with Crippen molar-refractivity contribution < 1.29 is 23.8 Å². The highest BCUT2D eigenvalue weighted by molar-refractivity contribution is 6.71. The maximum absolute atomic E-state index is 11.9. The normalized spacial score (nSPS) is 11.3. The fourth-order valence-electron chi connectivity index (χ4n) is 4.11. The molecule has 0 aromatic heterocycles. The van der Waals surface area contributed by atoms with Crippen LogP contribution in [-0.4, -0.2) is 39.2 Å². The maximum atomic E-state index is 11.9. The molecule has 0 aliphatic heterocycles. The molecule has 0 aliphatic carbocycles. The summed E-state index contributed by atoms with van der Waals surface area (Å²) in [7, 11) is -1.64. The van der Waals surface area contributed by atoms with Crippen LogP contribution in [0.25, 0.3) is 22.3 Å². The van der Waals surface area contributed by atoms with Gasteiger partial charge in [-0.2, -0.15) is 0 Å². The molecule has 0 saturated carbocycles. The summed E-state index contributed by atoms with van der Waals surface area (Å²) < 4.78 is 17.6. The summed E-state index contributed by atoms with van der Waals surface area (Å²) in [6.45, 7) is 10.7. The quantitative estimate of drug-likeness (QED) is 0.178. The molecule has 0 unspecified atom stereocenters. The predicted molar refractivity (Wildman–Crippen MR) is 149 cm³/mol. The van der Waals surface area contributed by atoms with E-state index < -0.39 is 14.3 Å². The van der Waals surface area contributed by atoms with Gasteiger partial charge in [0.15, 0.2) is 8.32 Å². The molecule has 0 heterocycles. The van der Waals surface area contributed by atoms with Gasteiger partial charge in [-0.15, -0.1) is 0 Å². The van der Waals surface area contributed by atoms with E-state index >= 15 is 0 Å². The molecule has 0 spiro atoms. The Morgan fingerprint density at radius 1 is 0.778 bits per heavy atom. The molecule has 0 atom stereocenters. The molecule has 3 rings (SSSR count). The fourth-order valence-corrected chi connectivity index (χ4v) is 6.03. The van der Waals surface area contributed by atoms with Gasteiger partial charge in [-0.1, -0.05) is 49.7 Å². The molecule has 0 aliphatic rings. The largest absolute Gasteiger partial charge is 0.494 e. The zero-order chi connectivity index (χ0) is 26.0. The van der Waals surface area contributed by atoms with Crippen molar-refractivity contribution >= 4 is 14.3 Å². The molecule has 192 valence electrons. The summed E-state index contributed by atoms with van der Waals surface area (Å²) in [4.78, 5) is 11.9. The second-order valence-corrected chi connectivity index (χ2v) is 13.8. The summed E-state index contributed by atoms with van der Waals surface area (Å²) in [5.74, 6) is 0.591. The summed E-state index contributed by atoms with van der Waals surface area (Å²) >= 11 is 0. The molecule has 5 nitrogen and oxygen atoms in total. The van der Waals surface area contributed by atoms with Crippen LogP contribution >= 0.6 is 0 Å². The van der Waals surface area contributed by atoms with Crippen LogP contribution in [-0.2, 0) is 4.43 Å². The van der Waals surface area contributed by atoms with Crippen LogP contribution in [0.4, 0.5) is 0 Å². The van der Waals surface area contributed by atoms with Crippen molar-refractivity contribution in [1.82, 2.24) is 0 Å². The van der Waals surface area contributed by atoms with Crippen LogP contribution in [0.2, 0.25) is 19.1 Å². The van der Waals surface area contributed by atoms with Crippen LogP contribution < -0.4 is 9.47 Å². The molecular formula is C30H38O5Si. The van der Waals surface area contributed by atoms with Gasteiger partial charge in [0.25, 0.3) is 0 Å². The fraction of sp³-hybridized carbons (Fsp3) is 0.367. The molecule has 1 N–H and O–H groups in total. The first-order valence-electron chi connectivity index (χ1n) is 12.8. The van der Waals surface area contributed by atoms with Crippen molar-refractivity contribution in [2.75, 3.05) is 19.8 Å². The lowest BCUT2D eigenvalue weighted by molar-refractivity contribution is 0.0697. The first-order chi connectivity index (χ1) is 17.3. The van der Waals surface area contributed by atoms with E-state index in [1.165, 1.54) is 0 Å². The second kappa shape index (κ2) is 13.3. The Morgan fingerprint density at radius 3 is 1.94 bits per heavy atom. The highest BCUT2D eigenvalue weighted by Gasteiger charge is 2.21. The first kappa shape index (κ1) is 27.5. The highest BCUT2D eigenvalue weighted by atomic mass is 28.4. The monoisotopic (exact) mass is 506 g/mol. The molecule has 0 bridgehead atoms. The maximum Gasteiger partial charge on any atom is 0.336 e. The third-order valence-corrected chi connectivity index (χ3v) is 8.73. The number of benzene rings is 3. The van der Waals surface area contributed by atoms with Gasteiger partial charge in [-0.05, 0) is 91.5 Å². The Bertz CT molecular complexity index is 1110. The third-order valence-electron chi connectivity index (χ3n) is 6.10. The minimum absolute atomic E-state index is 0.258. The van der Waals surface area contributed by atoms with Gasteiger partial charge in [0.2, 0.25) is 0 Å². The van der Waals surface area contributed by atoms with E-state index in [4.69, 9.17) is 13.9 Å². The summed E-state index contributed by atoms with van der Waals surface area (Å²) in [5, 5.41) is 9.75. The summed E-state index contributed by atoms with van der Waals surface area (Å²) in [6.07, 6.45) is 3.06. The van der Waals surface area contributed by atoms with Crippen molar-refractivity contribution in [2.45, 2.75) is 52.2 Å². The number of carboxylic acid groups (broad SMARTS) is 1. The average molecular weight is 507 g/mol. The average Bonchev–Trinajstić information content (AvgIpc) is 2.87. The number of carboxylic acids is 1. The zero-order valence-corrected chi connectivity index (χ0v) is 22.9. The molecule has 36 heavy (non-hydrogen) atoms. The molecule has 3 aromatic rings. The highest BCUT2D eigenvalue weighted by Crippen LogP contribution is 2.31. The van der Waals surface area contributed by atoms with Crippen molar-refractivity contribution in [3.8, 4) is 33.8 Å². The lowest BCUT2D eigenvalue weighted by Gasteiger charge is -2.21. The van der Waals surface area contributed by atoms with Gasteiger partial charge < -0.3 is 19.0 Å². The molecule has 0 fully saturated rings. The molecule has 6 heteroatoms. The van der Waals surface area contributed by atoms with E-state index in [2.05, 4.69) is 20.0 Å². The second-order valence-electron chi connectivity index (χ2n) is 9.46. The van der Waals surface area contributed by atoms with Crippen molar-refractivity contribution in [2.24, 2.45) is 0 Å². The number of ether oxygens (including phenoxy) is 2. The van der Waals surface area contributed by atoms with Gasteiger partial charge >= 0.3 is 5.97 Å². The Morgan fingerprint density at radius 2 is 1.33 bits per heavy atom. The van der Waals surface area contributed by atoms with Crippen molar-refractivity contribution in [3.05, 3.63) is 72.3 Å². The molecule has 3 aromatic carbocycles. The van der Waals surface area contributed by atoms with E-state index in [0.717, 1.165) is 61.0 Å². The van der Waals surface area contributed by atoms with Crippen LogP contribution in [0.5, 0.6) is 11.5 Å². The van der Waals surface area contributed by atoms with E-state index in [-0.39, 0.29) is 5.56 Å². The lowest BCUT2D eigenvalue weighted by Crippen LogP contribution is -2.30. The Hall–Kier alpha value is -3.09. The van der Waals surface area contributed by atoms with Gasteiger partial charge in [-0.3, -0.25) is 0 Å². The minimum atomic E-state index is -1.64. The third kappa shape index (κ3) is 7.97. The molecule has 0 radical (unpaired) electrons. The number of unbranched alkanes of at least 4 members (excludes halogenated alkanes) is 1. The van der Waals surface area contributed by atoms with Crippen LogP contribution in [0.1, 0.15) is 43.5 Å². The Labute approximate surface area is 216 Å². The van der Waals surface area contributed by atoms with E-state index in [9.17, 15) is 9.90 Å². The number of carbonyl (C=O) groups is 1. The first-order valence-corrected chi connectivity index (χ1v) is 15.9. The number of rotatable bonds is 14. The summed E-state index contributed by atoms with van der Waals surface area (Å²) in [6, 6.07) is 22.2. The van der Waals surface area contributed by atoms with Crippen LogP contribution in [0.3, 0.4) is 0 Å². The van der Waals surface area contributed by atoms with Crippen molar-refractivity contribution in [3.63, 3.8) is 0 Å². The van der Waals surface area contributed by atoms with Crippen molar-refractivity contribution in [1.29, 1.82) is 0 Å². The topological polar surface area (TPSA) is 65.0 Å². The lowest BCUT2D eigenvalue weighted by atomic mass is 9.96. The SMILES string of the molecule is CCCCOc1ccc(-c2ccc(-c3cc(OCCC[Si](C)(C)OCC)ccc3C(=O)O)cc2)cc1. The van der Waals surface area contributed by atoms with Gasteiger partial charge in [0.05, 0.1) is 18.8 Å². The van der Waals surface area contributed by atoms with Gasteiger partial charge in [0, 0.05) is 6.61 Å². The predicted octanol–water partition coefficient (Wildman–Crippen LogP) is 7.91. The zero-order valence-electron chi connectivity index (χ0n) is 21.9. The Kier molecular flexibility index (Phi) is 10.1. The van der Waals surface area contributed by atoms with E-state index in [1.807, 2.05) is 61.5 Å². The summed E-state index contributed by atoms with van der Waals surface area (Å²) in [5.41, 5.74) is 3.89. The smallest absolute Gasteiger partial charge is 0.336 e. The number of hydrogen-bond donors (Lipinski definition) is 1.